The normalized spacial score (nSPS) is 12.8. The van der Waals surface area contributed by atoms with Gasteiger partial charge in [0.2, 0.25) is 0 Å². The summed E-state index contributed by atoms with van der Waals surface area (Å²) in [6.07, 6.45) is 4.76. The maximum Gasteiger partial charge on any atom is 0.0837 e. The van der Waals surface area contributed by atoms with Crippen LogP contribution in [-0.4, -0.2) is 16.5 Å². The van der Waals surface area contributed by atoms with Gasteiger partial charge in [-0.05, 0) is 54.4 Å². The fraction of sp³-hybridized carbons (Fsp3) is 0.100. The monoisotopic (exact) mass is 344 g/mol. The number of nitrogens with zero attached hydrogens (tertiary/aromatic N) is 2. The van der Waals surface area contributed by atoms with Gasteiger partial charge in [0, 0.05) is 30.3 Å². The number of hydrogen-bond donors (Lipinski definition) is 2. The van der Waals surface area contributed by atoms with Gasteiger partial charge in [0.1, 0.15) is 0 Å². The Bertz CT molecular complexity index is 1060. The Balaban J connectivity index is 1.54. The minimum atomic E-state index is 0.986. The lowest BCUT2D eigenvalue weighted by Crippen LogP contribution is -1.92. The van der Waals surface area contributed by atoms with Crippen LogP contribution in [0.5, 0.6) is 0 Å². The molecule has 3 aromatic heterocycles. The Labute approximate surface area is 149 Å². The summed E-state index contributed by atoms with van der Waals surface area (Å²) in [6.45, 7) is 1.02. The molecule has 0 aliphatic carbocycles. The molecule has 4 aromatic rings. The number of fused-ring (bicyclic) bond motifs is 2. The Morgan fingerprint density at radius 3 is 2.92 bits per heavy atom. The van der Waals surface area contributed by atoms with Crippen molar-refractivity contribution in [3.05, 3.63) is 66.5 Å². The van der Waals surface area contributed by atoms with E-state index in [9.17, 15) is 0 Å². The predicted octanol–water partition coefficient (Wildman–Crippen LogP) is 5.07. The molecule has 0 bridgehead atoms. The molecule has 0 fully saturated rings. The molecule has 1 aliphatic heterocycles. The number of aromatic nitrogens is 2. The van der Waals surface area contributed by atoms with E-state index in [-0.39, 0.29) is 0 Å². The molecule has 0 saturated carbocycles. The van der Waals surface area contributed by atoms with Gasteiger partial charge in [0.25, 0.3) is 0 Å². The number of benzene rings is 1. The molecule has 4 nitrogen and oxygen atoms in total. The highest BCUT2D eigenvalue weighted by Crippen LogP contribution is 2.37. The zero-order valence-electron chi connectivity index (χ0n) is 13.5. The summed E-state index contributed by atoms with van der Waals surface area (Å²) in [5.41, 5.74) is 6.80. The fourth-order valence-corrected chi connectivity index (χ4v) is 4.27. The summed E-state index contributed by atoms with van der Waals surface area (Å²) in [6, 6.07) is 16.6. The third-order valence-corrected chi connectivity index (χ3v) is 5.60. The largest absolute Gasteiger partial charge is 0.384 e. The molecular weight excluding hydrogens is 328 g/mol. The van der Waals surface area contributed by atoms with Gasteiger partial charge < -0.3 is 10.6 Å². The Kier molecular flexibility index (Phi) is 3.38. The van der Waals surface area contributed by atoms with Crippen molar-refractivity contribution < 1.29 is 0 Å². The van der Waals surface area contributed by atoms with Crippen molar-refractivity contribution in [3.8, 4) is 10.6 Å². The maximum absolute atomic E-state index is 4.52. The molecule has 0 radical (unpaired) electrons. The van der Waals surface area contributed by atoms with Crippen LogP contribution in [0.1, 0.15) is 5.56 Å². The molecule has 2 N–H and O–H groups in total. The zero-order chi connectivity index (χ0) is 16.6. The molecule has 0 amide bonds. The van der Waals surface area contributed by atoms with Crippen LogP contribution < -0.4 is 10.6 Å². The third kappa shape index (κ3) is 2.62. The van der Waals surface area contributed by atoms with Crippen molar-refractivity contribution in [2.24, 2.45) is 0 Å². The van der Waals surface area contributed by atoms with Crippen molar-refractivity contribution in [2.45, 2.75) is 6.42 Å². The van der Waals surface area contributed by atoms with Gasteiger partial charge >= 0.3 is 0 Å². The van der Waals surface area contributed by atoms with E-state index in [2.05, 4.69) is 44.9 Å². The topological polar surface area (TPSA) is 49.8 Å². The number of pyridine rings is 2. The van der Waals surface area contributed by atoms with Crippen LogP contribution in [0.15, 0.2) is 60.9 Å². The van der Waals surface area contributed by atoms with Crippen molar-refractivity contribution in [2.75, 3.05) is 17.2 Å². The first kappa shape index (κ1) is 14.4. The summed E-state index contributed by atoms with van der Waals surface area (Å²) in [5.74, 6) is 0. The quantitative estimate of drug-likeness (QED) is 0.545. The molecule has 0 saturated heterocycles. The van der Waals surface area contributed by atoms with Crippen molar-refractivity contribution in [1.82, 2.24) is 9.97 Å². The molecule has 1 aromatic carbocycles. The number of hydrogen-bond acceptors (Lipinski definition) is 5. The zero-order valence-corrected chi connectivity index (χ0v) is 14.3. The Morgan fingerprint density at radius 2 is 2.00 bits per heavy atom. The van der Waals surface area contributed by atoms with Crippen LogP contribution in [0.4, 0.5) is 17.1 Å². The predicted molar refractivity (Wildman–Crippen MR) is 105 cm³/mol. The highest BCUT2D eigenvalue weighted by molar-refractivity contribution is 7.22. The van der Waals surface area contributed by atoms with Gasteiger partial charge in [-0.2, -0.15) is 0 Å². The van der Waals surface area contributed by atoms with Crippen LogP contribution in [-0.2, 0) is 6.42 Å². The lowest BCUT2D eigenvalue weighted by atomic mass is 10.1. The molecular formula is C20H16N4S. The highest BCUT2D eigenvalue weighted by Gasteiger charge is 2.12. The number of nitrogens with one attached hydrogen (secondary N) is 2. The van der Waals surface area contributed by atoms with E-state index in [0.717, 1.165) is 45.1 Å². The van der Waals surface area contributed by atoms with Gasteiger partial charge in [-0.15, -0.1) is 11.3 Å². The summed E-state index contributed by atoms with van der Waals surface area (Å²) in [7, 11) is 0. The molecule has 25 heavy (non-hydrogen) atoms. The first-order valence-electron chi connectivity index (χ1n) is 8.31. The second-order valence-corrected chi connectivity index (χ2v) is 7.12. The number of thiophene rings is 1. The van der Waals surface area contributed by atoms with Crippen molar-refractivity contribution in [1.29, 1.82) is 0 Å². The molecule has 5 heteroatoms. The van der Waals surface area contributed by atoms with Crippen LogP contribution >= 0.6 is 11.3 Å². The Morgan fingerprint density at radius 1 is 1.00 bits per heavy atom. The van der Waals surface area contributed by atoms with Gasteiger partial charge in [-0.25, -0.2) is 0 Å². The van der Waals surface area contributed by atoms with Gasteiger partial charge in [0.05, 0.1) is 26.5 Å². The smallest absolute Gasteiger partial charge is 0.0837 e. The summed E-state index contributed by atoms with van der Waals surface area (Å²) < 4.78 is 1.15. The van der Waals surface area contributed by atoms with E-state index in [0.29, 0.717) is 0 Å². The molecule has 0 spiro atoms. The molecule has 1 aliphatic rings. The summed E-state index contributed by atoms with van der Waals surface area (Å²) in [5, 5.41) is 6.96. The van der Waals surface area contributed by atoms with Crippen LogP contribution in [0.2, 0.25) is 0 Å². The average Bonchev–Trinajstić information content (AvgIpc) is 3.29. The lowest BCUT2D eigenvalue weighted by Gasteiger charge is -2.09. The minimum Gasteiger partial charge on any atom is -0.384 e. The summed E-state index contributed by atoms with van der Waals surface area (Å²) >= 11 is 1.72. The summed E-state index contributed by atoms with van der Waals surface area (Å²) in [4.78, 5) is 10.1. The van der Waals surface area contributed by atoms with E-state index in [4.69, 9.17) is 0 Å². The maximum atomic E-state index is 4.52. The standard InChI is InChI=1S/C20H16N4S/c1-2-8-21-16(3-1)19-12-18-20(25-19)17(7-10-23-18)24-14-4-5-15-13(11-14)6-9-22-15/h1-5,7-8,10-12,22H,6,9H2,(H,23,24). The molecule has 0 unspecified atom stereocenters. The van der Waals surface area contributed by atoms with E-state index in [1.165, 1.54) is 11.3 Å². The Hall–Kier alpha value is -2.92. The second kappa shape index (κ2) is 5.86. The first-order valence-corrected chi connectivity index (χ1v) is 9.12. The van der Waals surface area contributed by atoms with E-state index < -0.39 is 0 Å². The molecule has 5 rings (SSSR count). The lowest BCUT2D eigenvalue weighted by molar-refractivity contribution is 1.11. The van der Waals surface area contributed by atoms with Crippen molar-refractivity contribution in [3.63, 3.8) is 0 Å². The van der Waals surface area contributed by atoms with Crippen LogP contribution in [0, 0.1) is 0 Å². The minimum absolute atomic E-state index is 0.986. The fourth-order valence-electron chi connectivity index (χ4n) is 3.21. The van der Waals surface area contributed by atoms with E-state index in [1.807, 2.05) is 36.7 Å². The molecule has 122 valence electrons. The van der Waals surface area contributed by atoms with Gasteiger partial charge in [-0.3, -0.25) is 9.97 Å². The molecule has 0 atom stereocenters. The second-order valence-electron chi connectivity index (χ2n) is 6.07. The van der Waals surface area contributed by atoms with Gasteiger partial charge in [-0.1, -0.05) is 6.07 Å². The SMILES string of the molecule is c1ccc(-c2cc3nccc(Nc4ccc5c(c4)CCN5)c3s2)nc1. The number of rotatable bonds is 3. The van der Waals surface area contributed by atoms with Gasteiger partial charge in [0.15, 0.2) is 0 Å². The van der Waals surface area contributed by atoms with E-state index in [1.54, 1.807) is 11.3 Å². The third-order valence-electron chi connectivity index (χ3n) is 4.42. The van der Waals surface area contributed by atoms with Crippen LogP contribution in [0.25, 0.3) is 20.8 Å². The number of anilines is 3. The molecule has 4 heterocycles. The highest BCUT2D eigenvalue weighted by atomic mass is 32.1. The van der Waals surface area contributed by atoms with Crippen LogP contribution in [0.3, 0.4) is 0 Å². The van der Waals surface area contributed by atoms with Crippen molar-refractivity contribution >= 4 is 38.6 Å². The first-order chi connectivity index (χ1) is 12.4. The average molecular weight is 344 g/mol. The van der Waals surface area contributed by atoms with E-state index >= 15 is 0 Å².